The third-order valence-electron chi connectivity index (χ3n) is 3.13. The molecule has 0 aliphatic rings. The summed E-state index contributed by atoms with van der Waals surface area (Å²) < 4.78 is 6.19. The lowest BCUT2D eigenvalue weighted by atomic mass is 10.3. The van der Waals surface area contributed by atoms with Crippen LogP contribution in [0.4, 0.5) is 5.69 Å². The molecule has 1 aromatic carbocycles. The van der Waals surface area contributed by atoms with E-state index in [0.717, 1.165) is 47.9 Å². The molecule has 21 heavy (non-hydrogen) atoms. The predicted octanol–water partition coefficient (Wildman–Crippen LogP) is 6.13. The molecule has 0 saturated heterocycles. The maximum Gasteiger partial charge on any atom is 0.0767 e. The summed E-state index contributed by atoms with van der Waals surface area (Å²) in [6.07, 6.45) is 0.923. The first-order chi connectivity index (χ1) is 9.97. The highest BCUT2D eigenvalue weighted by molar-refractivity contribution is 9.11. The Morgan fingerprint density at radius 2 is 1.71 bits per heavy atom. The number of rotatable bonds is 5. The highest BCUT2D eigenvalue weighted by Crippen LogP contribution is 2.35. The van der Waals surface area contributed by atoms with Gasteiger partial charge in [0.2, 0.25) is 0 Å². The molecule has 7 heteroatoms. The molecule has 0 saturated carbocycles. The zero-order valence-corrected chi connectivity index (χ0v) is 18.0. The smallest absolute Gasteiger partial charge is 0.0767 e. The van der Waals surface area contributed by atoms with Gasteiger partial charge in [0, 0.05) is 20.0 Å². The summed E-state index contributed by atoms with van der Waals surface area (Å²) in [5.74, 6) is 0. The average Bonchev–Trinajstić information content (AvgIpc) is 2.73. The quantitative estimate of drug-likeness (QED) is 0.491. The highest BCUT2D eigenvalue weighted by atomic mass is 79.9. The van der Waals surface area contributed by atoms with Gasteiger partial charge in [0.05, 0.1) is 28.1 Å². The van der Waals surface area contributed by atoms with Crippen LogP contribution >= 0.6 is 63.7 Å². The summed E-state index contributed by atoms with van der Waals surface area (Å²) in [6.45, 7) is 5.79. The van der Waals surface area contributed by atoms with Crippen LogP contribution in [0.15, 0.2) is 30.0 Å². The Morgan fingerprint density at radius 3 is 2.24 bits per heavy atom. The van der Waals surface area contributed by atoms with Crippen molar-refractivity contribution in [3.05, 3.63) is 41.4 Å². The van der Waals surface area contributed by atoms with Gasteiger partial charge in [-0.05, 0) is 73.3 Å². The highest BCUT2D eigenvalue weighted by Gasteiger charge is 2.15. The van der Waals surface area contributed by atoms with Crippen molar-refractivity contribution in [2.75, 3.05) is 5.32 Å². The Kier molecular flexibility index (Phi) is 6.35. The Balaban J connectivity index is 2.26. The van der Waals surface area contributed by atoms with Gasteiger partial charge in [0.15, 0.2) is 0 Å². The number of aromatic nitrogens is 2. The summed E-state index contributed by atoms with van der Waals surface area (Å²) in [6, 6.07) is 4.05. The minimum atomic E-state index is 0.709. The van der Waals surface area contributed by atoms with Crippen LogP contribution < -0.4 is 5.32 Å². The van der Waals surface area contributed by atoms with E-state index in [1.54, 1.807) is 0 Å². The summed E-state index contributed by atoms with van der Waals surface area (Å²) in [5, 5.41) is 8.09. The molecule has 0 atom stereocenters. The first kappa shape index (κ1) is 17.5. The van der Waals surface area contributed by atoms with Crippen LogP contribution in [0.3, 0.4) is 0 Å². The number of benzene rings is 1. The van der Waals surface area contributed by atoms with Gasteiger partial charge in [-0.2, -0.15) is 5.10 Å². The standard InChI is InChI=1S/C14H15Br4N3/c1-3-11-13(18)12(21(4-2)20-11)7-19-14-9(16)5-8(15)6-10(14)17/h5-6,19H,3-4,7H2,1-2H3. The van der Waals surface area contributed by atoms with E-state index in [1.807, 2.05) is 16.8 Å². The summed E-state index contributed by atoms with van der Waals surface area (Å²) in [4.78, 5) is 0. The summed E-state index contributed by atoms with van der Waals surface area (Å²) in [7, 11) is 0. The van der Waals surface area contributed by atoms with Gasteiger partial charge in [-0.15, -0.1) is 0 Å². The molecule has 0 radical (unpaired) electrons. The molecule has 0 fully saturated rings. The lowest BCUT2D eigenvalue weighted by molar-refractivity contribution is 0.619. The number of hydrogen-bond acceptors (Lipinski definition) is 2. The van der Waals surface area contributed by atoms with E-state index in [2.05, 4.69) is 88.0 Å². The van der Waals surface area contributed by atoms with Gasteiger partial charge >= 0.3 is 0 Å². The fraction of sp³-hybridized carbons (Fsp3) is 0.357. The van der Waals surface area contributed by atoms with Crippen LogP contribution in [-0.4, -0.2) is 9.78 Å². The van der Waals surface area contributed by atoms with Crippen molar-refractivity contribution in [1.29, 1.82) is 0 Å². The van der Waals surface area contributed by atoms with E-state index in [-0.39, 0.29) is 0 Å². The minimum absolute atomic E-state index is 0.709. The van der Waals surface area contributed by atoms with Crippen molar-refractivity contribution in [3.8, 4) is 0 Å². The third-order valence-corrected chi connectivity index (χ3v) is 5.76. The van der Waals surface area contributed by atoms with Crippen molar-refractivity contribution in [2.24, 2.45) is 0 Å². The molecule has 0 aliphatic carbocycles. The zero-order chi connectivity index (χ0) is 15.6. The van der Waals surface area contributed by atoms with Gasteiger partial charge in [0.25, 0.3) is 0 Å². The lowest BCUT2D eigenvalue weighted by Gasteiger charge is -2.12. The largest absolute Gasteiger partial charge is 0.378 e. The van der Waals surface area contributed by atoms with Gasteiger partial charge in [0.1, 0.15) is 0 Å². The monoisotopic (exact) mass is 541 g/mol. The topological polar surface area (TPSA) is 29.9 Å². The molecule has 1 aromatic heterocycles. The van der Waals surface area contributed by atoms with Crippen LogP contribution in [0.25, 0.3) is 0 Å². The maximum absolute atomic E-state index is 4.62. The Bertz CT molecular complexity index is 629. The molecule has 0 spiro atoms. The van der Waals surface area contributed by atoms with E-state index in [4.69, 9.17) is 0 Å². The minimum Gasteiger partial charge on any atom is -0.378 e. The number of nitrogens with zero attached hydrogens (tertiary/aromatic N) is 2. The Morgan fingerprint density at radius 1 is 1.10 bits per heavy atom. The fourth-order valence-corrected chi connectivity index (χ4v) is 5.31. The van der Waals surface area contributed by atoms with Crippen LogP contribution in [0.2, 0.25) is 0 Å². The number of hydrogen-bond donors (Lipinski definition) is 1. The number of nitrogens with one attached hydrogen (secondary N) is 1. The SMILES string of the molecule is CCc1nn(CC)c(CNc2c(Br)cc(Br)cc2Br)c1Br. The second kappa shape index (κ2) is 7.62. The predicted molar refractivity (Wildman–Crippen MR) is 102 cm³/mol. The molecule has 0 unspecified atom stereocenters. The molecule has 1 heterocycles. The molecule has 3 nitrogen and oxygen atoms in total. The van der Waals surface area contributed by atoms with Crippen molar-refractivity contribution in [2.45, 2.75) is 33.4 Å². The zero-order valence-electron chi connectivity index (χ0n) is 11.7. The molecule has 2 aromatic rings. The normalized spacial score (nSPS) is 11.0. The van der Waals surface area contributed by atoms with Crippen molar-refractivity contribution >= 4 is 69.4 Å². The third kappa shape index (κ3) is 3.92. The second-order valence-electron chi connectivity index (χ2n) is 4.47. The molecule has 1 N–H and O–H groups in total. The van der Waals surface area contributed by atoms with Crippen LogP contribution in [0.5, 0.6) is 0 Å². The number of aryl methyl sites for hydroxylation is 2. The molecule has 114 valence electrons. The molecule has 0 amide bonds. The van der Waals surface area contributed by atoms with Crippen molar-refractivity contribution in [1.82, 2.24) is 9.78 Å². The van der Waals surface area contributed by atoms with Crippen molar-refractivity contribution in [3.63, 3.8) is 0 Å². The second-order valence-corrected chi connectivity index (χ2v) is 7.89. The van der Waals surface area contributed by atoms with Gasteiger partial charge in [-0.1, -0.05) is 22.9 Å². The average molecular weight is 545 g/mol. The van der Waals surface area contributed by atoms with E-state index in [1.165, 1.54) is 0 Å². The van der Waals surface area contributed by atoms with Gasteiger partial charge in [-0.25, -0.2) is 0 Å². The molecular formula is C14H15Br4N3. The lowest BCUT2D eigenvalue weighted by Crippen LogP contribution is -2.09. The summed E-state index contributed by atoms with van der Waals surface area (Å²) in [5.41, 5.74) is 3.30. The molecule has 2 rings (SSSR count). The van der Waals surface area contributed by atoms with Gasteiger partial charge in [-0.3, -0.25) is 4.68 Å². The first-order valence-electron chi connectivity index (χ1n) is 6.60. The van der Waals surface area contributed by atoms with Crippen molar-refractivity contribution < 1.29 is 0 Å². The number of anilines is 1. The van der Waals surface area contributed by atoms with Crippen LogP contribution in [0, 0.1) is 0 Å². The number of halogens is 4. The van der Waals surface area contributed by atoms with E-state index in [0.29, 0.717) is 6.54 Å². The van der Waals surface area contributed by atoms with Crippen LogP contribution in [-0.2, 0) is 19.5 Å². The van der Waals surface area contributed by atoms with Gasteiger partial charge < -0.3 is 5.32 Å². The fourth-order valence-electron chi connectivity index (χ4n) is 2.07. The van der Waals surface area contributed by atoms with E-state index >= 15 is 0 Å². The maximum atomic E-state index is 4.62. The Labute approximate surface area is 158 Å². The first-order valence-corrected chi connectivity index (χ1v) is 9.77. The molecule has 0 aliphatic heterocycles. The molecular weight excluding hydrogens is 530 g/mol. The van der Waals surface area contributed by atoms with Crippen LogP contribution in [0.1, 0.15) is 25.2 Å². The molecule has 0 bridgehead atoms. The Hall–Kier alpha value is 0.150. The van der Waals surface area contributed by atoms with E-state index in [9.17, 15) is 0 Å². The summed E-state index contributed by atoms with van der Waals surface area (Å²) >= 11 is 14.3. The van der Waals surface area contributed by atoms with E-state index < -0.39 is 0 Å².